The molecule has 0 radical (unpaired) electrons. The third kappa shape index (κ3) is 35.8. The molecule has 0 heterocycles. The molecule has 0 aliphatic carbocycles. The maximum absolute atomic E-state index is 11.6. The van der Waals surface area contributed by atoms with E-state index in [0.717, 1.165) is 12.8 Å². The molecule has 0 bridgehead atoms. The molecule has 0 rings (SSSR count). The predicted octanol–water partition coefficient (Wildman–Crippen LogP) is 4.42. The minimum atomic E-state index is -4.64. The van der Waals surface area contributed by atoms with Crippen LogP contribution in [0.2, 0.25) is 0 Å². The topological polar surface area (TPSA) is 141 Å². The lowest BCUT2D eigenvalue weighted by molar-refractivity contribution is 0.112. The molecular formula is C21H47O7PS. The molecule has 0 aromatic heterocycles. The zero-order valence-corrected chi connectivity index (χ0v) is 20.6. The molecule has 0 spiro atoms. The van der Waals surface area contributed by atoms with Crippen molar-refractivity contribution in [2.24, 2.45) is 0 Å². The Morgan fingerprint density at radius 2 is 1.03 bits per heavy atom. The Morgan fingerprint density at radius 3 is 1.33 bits per heavy atom. The second-order valence-corrected chi connectivity index (χ2v) is 10.6. The number of phosphoric acid groups is 1. The molecule has 0 amide bonds. The summed E-state index contributed by atoms with van der Waals surface area (Å²) in [5.41, 5.74) is 0. The van der Waals surface area contributed by atoms with Gasteiger partial charge in [-0.2, -0.15) is 0 Å². The molecule has 184 valence electrons. The fourth-order valence-corrected chi connectivity index (χ4v) is 4.39. The summed E-state index contributed by atoms with van der Waals surface area (Å²) in [7, 11) is -4.64. The van der Waals surface area contributed by atoms with E-state index in [1.54, 1.807) is 0 Å². The number of aliphatic hydroxyl groups excluding tert-OH is 2. The molecule has 0 fully saturated rings. The van der Waals surface area contributed by atoms with Crippen molar-refractivity contribution < 1.29 is 34.0 Å². The standard InChI is InChI=1S/C21H44O3S.H3O4P/c1-2-3-4-5-6-7-8-9-10-11-12-13-14-15-16-17-18-25(24)20-21(23)19-22;1-5(2,3)4/h21-23H,2-20H2,1H3;(H3,1,2,3,4). The third-order valence-corrected chi connectivity index (χ3v) is 6.32. The van der Waals surface area contributed by atoms with E-state index in [9.17, 15) is 9.66 Å². The van der Waals surface area contributed by atoms with Crippen LogP contribution in [0.4, 0.5) is 0 Å². The second kappa shape index (κ2) is 24.0. The van der Waals surface area contributed by atoms with Crippen molar-refractivity contribution in [1.29, 1.82) is 0 Å². The molecule has 0 saturated carbocycles. The molecule has 9 heteroatoms. The van der Waals surface area contributed by atoms with Crippen molar-refractivity contribution in [3.8, 4) is 0 Å². The van der Waals surface area contributed by atoms with Crippen LogP contribution in [0.15, 0.2) is 0 Å². The van der Waals surface area contributed by atoms with E-state index in [1.165, 1.54) is 89.9 Å². The van der Waals surface area contributed by atoms with Crippen LogP contribution in [0.5, 0.6) is 0 Å². The summed E-state index contributed by atoms with van der Waals surface area (Å²) in [6.45, 7) is 1.99. The molecule has 0 aromatic rings. The number of hydrogen-bond donors (Lipinski definition) is 5. The van der Waals surface area contributed by atoms with Gasteiger partial charge in [0.15, 0.2) is 0 Å². The highest BCUT2D eigenvalue weighted by Gasteiger charge is 2.12. The summed E-state index contributed by atoms with van der Waals surface area (Å²) < 4.78 is 20.5. The van der Waals surface area contributed by atoms with Gasteiger partial charge in [0.25, 0.3) is 0 Å². The third-order valence-electron chi connectivity index (χ3n) is 4.81. The maximum Gasteiger partial charge on any atom is 0.466 e. The van der Waals surface area contributed by atoms with Gasteiger partial charge in [0.2, 0.25) is 0 Å². The fraction of sp³-hybridized carbons (Fsp3) is 1.00. The van der Waals surface area contributed by atoms with Crippen molar-refractivity contribution in [2.45, 2.75) is 116 Å². The van der Waals surface area contributed by atoms with E-state index >= 15 is 0 Å². The summed E-state index contributed by atoms with van der Waals surface area (Å²) in [6, 6.07) is 0. The predicted molar refractivity (Wildman–Crippen MR) is 125 cm³/mol. The molecule has 2 atom stereocenters. The first kappa shape index (κ1) is 32.5. The Hall–Kier alpha value is 0.340. The number of unbranched alkanes of at least 4 members (excludes halogenated alkanes) is 15. The summed E-state index contributed by atoms with van der Waals surface area (Å²) >= 11 is -0.977. The summed E-state index contributed by atoms with van der Waals surface area (Å²) in [6.07, 6.45) is 20.6. The monoisotopic (exact) mass is 474 g/mol. The van der Waals surface area contributed by atoms with Gasteiger partial charge < -0.3 is 29.4 Å². The lowest BCUT2D eigenvalue weighted by Crippen LogP contribution is -2.25. The van der Waals surface area contributed by atoms with Gasteiger partial charge in [0.1, 0.15) is 17.6 Å². The Bertz CT molecular complexity index is 374. The lowest BCUT2D eigenvalue weighted by Gasteiger charge is -2.13. The first-order valence-electron chi connectivity index (χ1n) is 11.6. The first-order valence-corrected chi connectivity index (χ1v) is 14.7. The largest absolute Gasteiger partial charge is 0.616 e. The quantitative estimate of drug-likeness (QED) is 0.0999. The Morgan fingerprint density at radius 1 is 0.733 bits per heavy atom. The molecule has 30 heavy (non-hydrogen) atoms. The van der Waals surface area contributed by atoms with Gasteiger partial charge in [0.05, 0.1) is 6.61 Å². The number of rotatable bonds is 20. The van der Waals surface area contributed by atoms with E-state index in [0.29, 0.717) is 5.75 Å². The van der Waals surface area contributed by atoms with Crippen LogP contribution >= 0.6 is 7.82 Å². The van der Waals surface area contributed by atoms with Gasteiger partial charge in [-0.3, -0.25) is 0 Å². The van der Waals surface area contributed by atoms with Gasteiger partial charge in [-0.25, -0.2) is 4.57 Å². The molecule has 0 aliphatic rings. The normalized spacial score (nSPS) is 13.6. The minimum absolute atomic E-state index is 0.218. The first-order chi connectivity index (χ1) is 14.2. The SMILES string of the molecule is CCCCCCCCCCCCCCCCCC[S+]([O-])CC(O)CO.O=P(O)(O)O. The van der Waals surface area contributed by atoms with Crippen molar-refractivity contribution in [3.63, 3.8) is 0 Å². The van der Waals surface area contributed by atoms with Crippen LogP contribution in [0, 0.1) is 0 Å². The minimum Gasteiger partial charge on any atom is -0.616 e. The Kier molecular flexibility index (Phi) is 26.0. The Labute approximate surface area is 187 Å². The van der Waals surface area contributed by atoms with Gasteiger partial charge in [-0.05, 0) is 12.8 Å². The fourth-order valence-electron chi connectivity index (χ4n) is 3.16. The average molecular weight is 475 g/mol. The molecule has 0 saturated heterocycles. The van der Waals surface area contributed by atoms with E-state index in [-0.39, 0.29) is 12.4 Å². The number of aliphatic hydroxyl groups is 2. The smallest absolute Gasteiger partial charge is 0.466 e. The summed E-state index contributed by atoms with van der Waals surface area (Å²) in [4.78, 5) is 21.6. The van der Waals surface area contributed by atoms with Gasteiger partial charge in [-0.15, -0.1) is 0 Å². The second-order valence-electron chi connectivity index (χ2n) is 7.96. The van der Waals surface area contributed by atoms with Crippen LogP contribution < -0.4 is 0 Å². The van der Waals surface area contributed by atoms with Gasteiger partial charge >= 0.3 is 7.82 Å². The van der Waals surface area contributed by atoms with Gasteiger partial charge in [0, 0.05) is 0 Å². The van der Waals surface area contributed by atoms with Crippen molar-refractivity contribution >= 4 is 19.0 Å². The molecule has 0 aromatic carbocycles. The molecule has 2 unspecified atom stereocenters. The van der Waals surface area contributed by atoms with Crippen molar-refractivity contribution in [1.82, 2.24) is 0 Å². The van der Waals surface area contributed by atoms with E-state index in [4.69, 9.17) is 24.4 Å². The zero-order valence-electron chi connectivity index (χ0n) is 18.9. The Balaban J connectivity index is 0. The van der Waals surface area contributed by atoms with E-state index in [2.05, 4.69) is 6.92 Å². The van der Waals surface area contributed by atoms with Crippen molar-refractivity contribution in [3.05, 3.63) is 0 Å². The highest BCUT2D eigenvalue weighted by Crippen LogP contribution is 2.25. The van der Waals surface area contributed by atoms with Crippen molar-refractivity contribution in [2.75, 3.05) is 18.1 Å². The highest BCUT2D eigenvalue weighted by atomic mass is 32.2. The van der Waals surface area contributed by atoms with Crippen LogP contribution in [0.1, 0.15) is 110 Å². The van der Waals surface area contributed by atoms with Crippen LogP contribution in [-0.4, -0.2) is 53.7 Å². The highest BCUT2D eigenvalue weighted by molar-refractivity contribution is 7.91. The lowest BCUT2D eigenvalue weighted by atomic mass is 10.0. The molecular weight excluding hydrogens is 427 g/mol. The van der Waals surface area contributed by atoms with Gasteiger partial charge in [-0.1, -0.05) is 108 Å². The molecule has 7 nitrogen and oxygen atoms in total. The average Bonchev–Trinajstić information content (AvgIpc) is 2.66. The van der Waals surface area contributed by atoms with Crippen LogP contribution in [0.25, 0.3) is 0 Å². The van der Waals surface area contributed by atoms with E-state index < -0.39 is 25.1 Å². The maximum atomic E-state index is 11.6. The molecule has 5 N–H and O–H groups in total. The van der Waals surface area contributed by atoms with E-state index in [1.807, 2.05) is 0 Å². The number of hydrogen-bond acceptors (Lipinski definition) is 4. The summed E-state index contributed by atoms with van der Waals surface area (Å²) in [5.74, 6) is 0.880. The van der Waals surface area contributed by atoms with Crippen LogP contribution in [-0.2, 0) is 15.7 Å². The summed E-state index contributed by atoms with van der Waals surface area (Å²) in [5, 5.41) is 17.9. The zero-order chi connectivity index (χ0) is 23.1. The molecule has 0 aliphatic heterocycles. The van der Waals surface area contributed by atoms with Crippen LogP contribution in [0.3, 0.4) is 0 Å².